The summed E-state index contributed by atoms with van der Waals surface area (Å²) in [5.41, 5.74) is 6.49. The van der Waals surface area contributed by atoms with Crippen LogP contribution >= 0.6 is 0 Å². The highest BCUT2D eigenvalue weighted by Crippen LogP contribution is 2.17. The van der Waals surface area contributed by atoms with E-state index in [4.69, 9.17) is 16.9 Å². The van der Waals surface area contributed by atoms with E-state index in [0.717, 1.165) is 5.56 Å². The zero-order chi connectivity index (χ0) is 18.2. The van der Waals surface area contributed by atoms with Crippen LogP contribution in [-0.2, 0) is 19.4 Å². The van der Waals surface area contributed by atoms with Crippen LogP contribution in [0.3, 0.4) is 0 Å². The standard InChI is InChI=1S/C16H21N3O4S/c1-4-8-15(17)11-24(22,18-13(3)20)19-16(21)23-12(2)14-9-6-5-7-10-14/h1,5-7,9-10,12,15H,8,11,17H2,2-3H3,(H,18,19,20,21,22)/t12-,15-,24?/m0/s1. The smallest absolute Gasteiger partial charge is 0.440 e. The number of nitrogens with two attached hydrogens (primary N) is 1. The molecule has 0 saturated heterocycles. The summed E-state index contributed by atoms with van der Waals surface area (Å²) < 4.78 is 23.5. The predicted molar refractivity (Wildman–Crippen MR) is 92.0 cm³/mol. The van der Waals surface area contributed by atoms with Gasteiger partial charge in [-0.15, -0.1) is 16.7 Å². The maximum atomic E-state index is 12.7. The molecule has 0 fully saturated rings. The summed E-state index contributed by atoms with van der Waals surface area (Å²) in [4.78, 5) is 23.2. The molecule has 0 bridgehead atoms. The zero-order valence-corrected chi connectivity index (χ0v) is 14.4. The van der Waals surface area contributed by atoms with Crippen LogP contribution in [0.2, 0.25) is 0 Å². The summed E-state index contributed by atoms with van der Waals surface area (Å²) in [6.07, 6.45) is 3.66. The summed E-state index contributed by atoms with van der Waals surface area (Å²) in [6, 6.07) is 8.33. The van der Waals surface area contributed by atoms with Gasteiger partial charge in [0.2, 0.25) is 5.91 Å². The second kappa shape index (κ2) is 9.05. The molecule has 3 atom stereocenters. The maximum absolute atomic E-state index is 12.7. The topological polar surface area (TPSA) is 111 Å². The van der Waals surface area contributed by atoms with Crippen molar-refractivity contribution >= 4 is 21.9 Å². The van der Waals surface area contributed by atoms with E-state index in [9.17, 15) is 13.8 Å². The molecule has 0 heterocycles. The number of ether oxygens (including phenoxy) is 1. The Labute approximate surface area is 142 Å². The third-order valence-electron chi connectivity index (χ3n) is 2.89. The number of carbonyl (C=O) groups is 2. The molecule has 0 spiro atoms. The van der Waals surface area contributed by atoms with Gasteiger partial charge in [-0.25, -0.2) is 9.00 Å². The molecule has 8 heteroatoms. The van der Waals surface area contributed by atoms with Gasteiger partial charge in [-0.05, 0) is 12.5 Å². The molecular weight excluding hydrogens is 330 g/mol. The lowest BCUT2D eigenvalue weighted by Gasteiger charge is -2.15. The predicted octanol–water partition coefficient (Wildman–Crippen LogP) is 1.75. The van der Waals surface area contributed by atoms with Crippen molar-refractivity contribution in [3.8, 4) is 12.3 Å². The molecule has 1 rings (SSSR count). The van der Waals surface area contributed by atoms with Gasteiger partial charge in [-0.1, -0.05) is 30.3 Å². The molecular formula is C16H21N3O4S. The summed E-state index contributed by atoms with van der Waals surface area (Å²) in [6.45, 7) is 2.83. The first-order valence-corrected chi connectivity index (χ1v) is 8.92. The van der Waals surface area contributed by atoms with Gasteiger partial charge in [-0.3, -0.25) is 9.52 Å². The lowest BCUT2D eigenvalue weighted by molar-refractivity contribution is -0.117. The molecule has 130 valence electrons. The highest BCUT2D eigenvalue weighted by atomic mass is 32.2. The van der Waals surface area contributed by atoms with E-state index in [-0.39, 0.29) is 12.2 Å². The van der Waals surface area contributed by atoms with Crippen molar-refractivity contribution in [2.45, 2.75) is 32.4 Å². The lowest BCUT2D eigenvalue weighted by Crippen LogP contribution is -2.38. The van der Waals surface area contributed by atoms with Crippen LogP contribution in [0.5, 0.6) is 0 Å². The maximum Gasteiger partial charge on any atom is 0.443 e. The van der Waals surface area contributed by atoms with Crippen LogP contribution < -0.4 is 10.5 Å². The molecule has 0 aliphatic rings. The number of hydrogen-bond donors (Lipinski definition) is 2. The molecule has 0 aliphatic carbocycles. The minimum Gasteiger partial charge on any atom is -0.440 e. The molecule has 0 saturated carbocycles. The molecule has 3 N–H and O–H groups in total. The third-order valence-corrected chi connectivity index (χ3v) is 4.82. The van der Waals surface area contributed by atoms with Gasteiger partial charge in [0.15, 0.2) is 0 Å². The fraction of sp³-hybridized carbons (Fsp3) is 0.375. The SMILES string of the molecule is C#CC[C@H](N)CS(=O)(=NC(=O)O[C@@H](C)c1ccccc1)NC(C)=O. The third kappa shape index (κ3) is 6.81. The molecule has 24 heavy (non-hydrogen) atoms. The van der Waals surface area contributed by atoms with Crippen LogP contribution in [0.15, 0.2) is 34.7 Å². The Kier molecular flexibility index (Phi) is 7.42. The molecule has 0 radical (unpaired) electrons. The van der Waals surface area contributed by atoms with Crippen molar-refractivity contribution in [1.82, 2.24) is 4.72 Å². The summed E-state index contributed by atoms with van der Waals surface area (Å²) in [5.74, 6) is 1.49. The van der Waals surface area contributed by atoms with Gasteiger partial charge in [0.25, 0.3) is 0 Å². The molecule has 1 aromatic carbocycles. The second-order valence-electron chi connectivity index (χ2n) is 5.16. The monoisotopic (exact) mass is 351 g/mol. The number of rotatable bonds is 6. The first-order chi connectivity index (χ1) is 11.3. The minimum absolute atomic E-state index is 0.140. The fourth-order valence-corrected chi connectivity index (χ4v) is 3.55. The van der Waals surface area contributed by atoms with E-state index in [1.54, 1.807) is 31.2 Å². The highest BCUT2D eigenvalue weighted by molar-refractivity contribution is 7.92. The molecule has 2 amide bonds. The average molecular weight is 351 g/mol. The second-order valence-corrected chi connectivity index (χ2v) is 7.16. The first kappa shape index (κ1) is 19.7. The molecule has 1 unspecified atom stereocenters. The van der Waals surface area contributed by atoms with Crippen LogP contribution in [-0.4, -0.2) is 28.0 Å². The molecule has 0 aliphatic heterocycles. The van der Waals surface area contributed by atoms with Crippen molar-refractivity contribution in [3.05, 3.63) is 35.9 Å². The van der Waals surface area contributed by atoms with Crippen molar-refractivity contribution < 1.29 is 18.5 Å². The van der Waals surface area contributed by atoms with Crippen LogP contribution in [0.1, 0.15) is 31.9 Å². The normalized spacial score (nSPS) is 15.2. The van der Waals surface area contributed by atoms with E-state index >= 15 is 0 Å². The minimum atomic E-state index is -3.41. The lowest BCUT2D eigenvalue weighted by atomic mass is 10.1. The number of carbonyl (C=O) groups excluding carboxylic acids is 2. The zero-order valence-electron chi connectivity index (χ0n) is 13.6. The number of benzene rings is 1. The number of amides is 2. The fourth-order valence-electron chi connectivity index (χ4n) is 1.91. The number of terminal acetylenes is 1. The molecule has 7 nitrogen and oxygen atoms in total. The Morgan fingerprint density at radius 1 is 1.42 bits per heavy atom. The van der Waals surface area contributed by atoms with Crippen molar-refractivity contribution in [3.63, 3.8) is 0 Å². The largest absolute Gasteiger partial charge is 0.443 e. The number of hydrogen-bond acceptors (Lipinski definition) is 5. The van der Waals surface area contributed by atoms with Gasteiger partial charge < -0.3 is 10.5 Å². The van der Waals surface area contributed by atoms with E-state index in [1.165, 1.54) is 6.92 Å². The average Bonchev–Trinajstić information content (AvgIpc) is 2.46. The summed E-state index contributed by atoms with van der Waals surface area (Å²) in [7, 11) is -3.41. The highest BCUT2D eigenvalue weighted by Gasteiger charge is 2.19. The van der Waals surface area contributed by atoms with Gasteiger partial charge in [-0.2, -0.15) is 0 Å². The quantitative estimate of drug-likeness (QED) is 0.759. The number of nitrogens with zero attached hydrogens (tertiary/aromatic N) is 1. The van der Waals surface area contributed by atoms with Gasteiger partial charge in [0.05, 0.1) is 5.75 Å². The van der Waals surface area contributed by atoms with Crippen molar-refractivity contribution in [2.24, 2.45) is 10.1 Å². The number of nitrogens with one attached hydrogen (secondary N) is 1. The van der Waals surface area contributed by atoms with Crippen molar-refractivity contribution in [1.29, 1.82) is 0 Å². The Morgan fingerprint density at radius 3 is 2.58 bits per heavy atom. The van der Waals surface area contributed by atoms with Gasteiger partial charge >= 0.3 is 6.09 Å². The Morgan fingerprint density at radius 2 is 2.04 bits per heavy atom. The van der Waals surface area contributed by atoms with E-state index in [0.29, 0.717) is 0 Å². The van der Waals surface area contributed by atoms with Crippen LogP contribution in [0.4, 0.5) is 4.79 Å². The van der Waals surface area contributed by atoms with Crippen LogP contribution in [0.25, 0.3) is 0 Å². The van der Waals surface area contributed by atoms with Crippen LogP contribution in [0, 0.1) is 12.3 Å². The molecule has 1 aromatic rings. The van der Waals surface area contributed by atoms with E-state index < -0.39 is 34.1 Å². The first-order valence-electron chi connectivity index (χ1n) is 7.23. The Hall–Kier alpha value is -2.37. The van der Waals surface area contributed by atoms with Crippen molar-refractivity contribution in [2.75, 3.05) is 5.75 Å². The van der Waals surface area contributed by atoms with Gasteiger partial charge in [0.1, 0.15) is 16.0 Å². The van der Waals surface area contributed by atoms with Gasteiger partial charge in [0, 0.05) is 19.4 Å². The Balaban J connectivity index is 2.92. The van der Waals surface area contributed by atoms with E-state index in [1.807, 2.05) is 6.07 Å². The summed E-state index contributed by atoms with van der Waals surface area (Å²) >= 11 is 0. The molecule has 0 aromatic heterocycles. The summed E-state index contributed by atoms with van der Waals surface area (Å²) in [5, 5.41) is 0. The Bertz CT molecular complexity index is 733. The van der Waals surface area contributed by atoms with E-state index in [2.05, 4.69) is 15.0 Å².